The molecule has 1 atom stereocenters. The van der Waals surface area contributed by atoms with Gasteiger partial charge in [-0.2, -0.15) is 5.10 Å². The number of halogens is 1. The van der Waals surface area contributed by atoms with Gasteiger partial charge in [0, 0.05) is 19.1 Å². The molecule has 0 aromatic carbocycles. The van der Waals surface area contributed by atoms with Gasteiger partial charge in [0.25, 0.3) is 5.56 Å². The Labute approximate surface area is 124 Å². The minimum atomic E-state index is -0.218. The summed E-state index contributed by atoms with van der Waals surface area (Å²) < 4.78 is 1.43. The third kappa shape index (κ3) is 3.96. The van der Waals surface area contributed by atoms with Crippen LogP contribution in [0, 0.1) is 5.92 Å². The molecule has 0 aliphatic carbocycles. The summed E-state index contributed by atoms with van der Waals surface area (Å²) in [7, 11) is 0. The minimum Gasteiger partial charge on any atom is -0.382 e. The zero-order chi connectivity index (χ0) is 14.5. The Morgan fingerprint density at radius 2 is 2.40 bits per heavy atom. The molecule has 5 nitrogen and oxygen atoms in total. The topological polar surface area (TPSA) is 59.0 Å². The summed E-state index contributed by atoms with van der Waals surface area (Å²) in [5.74, 6) is 0.364. The molecule has 2 rings (SSSR count). The fourth-order valence-electron chi connectivity index (χ4n) is 2.45. The van der Waals surface area contributed by atoms with Crippen molar-refractivity contribution in [3.63, 3.8) is 0 Å². The first-order valence-electron chi connectivity index (χ1n) is 7.31. The van der Waals surface area contributed by atoms with Crippen molar-refractivity contribution in [1.29, 1.82) is 0 Å². The van der Waals surface area contributed by atoms with Gasteiger partial charge in [-0.15, -0.1) is 0 Å². The molecule has 1 aliphatic heterocycles. The number of nitrogens with zero attached hydrogens (tertiary/aromatic N) is 2. The summed E-state index contributed by atoms with van der Waals surface area (Å²) in [4.78, 5) is 12.1. The van der Waals surface area contributed by atoms with Crippen LogP contribution in [-0.4, -0.2) is 28.9 Å². The summed E-state index contributed by atoms with van der Waals surface area (Å²) >= 11 is 6.13. The van der Waals surface area contributed by atoms with E-state index >= 15 is 0 Å². The van der Waals surface area contributed by atoms with Gasteiger partial charge in [0.15, 0.2) is 0 Å². The second-order valence-electron chi connectivity index (χ2n) is 5.76. The normalized spacial score (nSPS) is 18.7. The van der Waals surface area contributed by atoms with Crippen molar-refractivity contribution in [2.75, 3.05) is 18.4 Å². The molecule has 1 aliphatic rings. The molecule has 1 aromatic heterocycles. The highest BCUT2D eigenvalue weighted by molar-refractivity contribution is 6.32. The maximum Gasteiger partial charge on any atom is 0.287 e. The SMILES string of the molecule is CC(C)Cn1ncc(NCC[C@@H]2CCCN2)c(Cl)c1=O. The molecule has 2 heterocycles. The summed E-state index contributed by atoms with van der Waals surface area (Å²) in [5, 5.41) is 11.1. The number of nitrogens with one attached hydrogen (secondary N) is 2. The molecule has 0 saturated carbocycles. The van der Waals surface area contributed by atoms with Gasteiger partial charge in [0.1, 0.15) is 5.02 Å². The highest BCUT2D eigenvalue weighted by Crippen LogP contribution is 2.16. The van der Waals surface area contributed by atoms with Crippen LogP contribution in [0.3, 0.4) is 0 Å². The van der Waals surface area contributed by atoms with E-state index in [2.05, 4.69) is 15.7 Å². The van der Waals surface area contributed by atoms with Crippen LogP contribution in [0.5, 0.6) is 0 Å². The van der Waals surface area contributed by atoms with Gasteiger partial charge in [0.05, 0.1) is 11.9 Å². The highest BCUT2D eigenvalue weighted by atomic mass is 35.5. The van der Waals surface area contributed by atoms with Gasteiger partial charge in [-0.05, 0) is 31.7 Å². The van der Waals surface area contributed by atoms with E-state index in [-0.39, 0.29) is 10.6 Å². The van der Waals surface area contributed by atoms with Gasteiger partial charge in [-0.25, -0.2) is 4.68 Å². The standard InChI is InChI=1S/C14H23ClN4O/c1-10(2)9-19-14(20)13(15)12(8-18-19)17-7-5-11-4-3-6-16-11/h8,10-11,16-17H,3-7,9H2,1-2H3/t11-/m0/s1. The van der Waals surface area contributed by atoms with Gasteiger partial charge in [-0.1, -0.05) is 25.4 Å². The van der Waals surface area contributed by atoms with Crippen LogP contribution in [0.2, 0.25) is 5.02 Å². The zero-order valence-electron chi connectivity index (χ0n) is 12.2. The minimum absolute atomic E-state index is 0.218. The summed E-state index contributed by atoms with van der Waals surface area (Å²) in [6.07, 6.45) is 5.15. The van der Waals surface area contributed by atoms with Crippen LogP contribution in [0.4, 0.5) is 5.69 Å². The fraction of sp³-hybridized carbons (Fsp3) is 0.714. The van der Waals surface area contributed by atoms with E-state index in [0.29, 0.717) is 24.2 Å². The second kappa shape index (κ2) is 7.09. The first-order valence-corrected chi connectivity index (χ1v) is 7.68. The van der Waals surface area contributed by atoms with Crippen molar-refractivity contribution < 1.29 is 0 Å². The number of aromatic nitrogens is 2. The Morgan fingerprint density at radius 3 is 3.05 bits per heavy atom. The zero-order valence-corrected chi connectivity index (χ0v) is 12.9. The van der Waals surface area contributed by atoms with Crippen molar-refractivity contribution in [3.8, 4) is 0 Å². The Balaban J connectivity index is 1.94. The molecule has 0 bridgehead atoms. The van der Waals surface area contributed by atoms with Crippen molar-refractivity contribution in [2.45, 2.75) is 45.7 Å². The molecule has 1 fully saturated rings. The van der Waals surface area contributed by atoms with E-state index in [4.69, 9.17) is 11.6 Å². The molecule has 1 aromatic rings. The lowest BCUT2D eigenvalue weighted by atomic mass is 10.1. The Hall–Kier alpha value is -1.07. The monoisotopic (exact) mass is 298 g/mol. The van der Waals surface area contributed by atoms with Gasteiger partial charge in [0.2, 0.25) is 0 Å². The first kappa shape index (κ1) is 15.3. The lowest BCUT2D eigenvalue weighted by Gasteiger charge is -2.13. The predicted molar refractivity (Wildman–Crippen MR) is 82.5 cm³/mol. The first-order chi connectivity index (χ1) is 9.58. The molecule has 6 heteroatoms. The predicted octanol–water partition coefficient (Wildman–Crippen LogP) is 2.11. The van der Waals surface area contributed by atoms with E-state index in [1.165, 1.54) is 17.5 Å². The maximum absolute atomic E-state index is 12.1. The Kier molecular flexibility index (Phi) is 5.43. The molecular weight excluding hydrogens is 276 g/mol. The molecule has 20 heavy (non-hydrogen) atoms. The van der Waals surface area contributed by atoms with Crippen LogP contribution in [-0.2, 0) is 6.54 Å². The van der Waals surface area contributed by atoms with Crippen LogP contribution < -0.4 is 16.2 Å². The van der Waals surface area contributed by atoms with Crippen LogP contribution in [0.25, 0.3) is 0 Å². The largest absolute Gasteiger partial charge is 0.382 e. The number of rotatable bonds is 6. The van der Waals surface area contributed by atoms with Gasteiger partial charge < -0.3 is 10.6 Å². The van der Waals surface area contributed by atoms with E-state index in [1.807, 2.05) is 13.8 Å². The average Bonchev–Trinajstić information content (AvgIpc) is 2.90. The number of hydrogen-bond donors (Lipinski definition) is 2. The number of hydrogen-bond acceptors (Lipinski definition) is 4. The summed E-state index contributed by atoms with van der Waals surface area (Å²) in [6.45, 7) is 6.58. The smallest absolute Gasteiger partial charge is 0.287 e. The van der Waals surface area contributed by atoms with Gasteiger partial charge >= 0.3 is 0 Å². The molecule has 0 unspecified atom stereocenters. The van der Waals surface area contributed by atoms with Crippen LogP contribution >= 0.6 is 11.6 Å². The maximum atomic E-state index is 12.1. The lowest BCUT2D eigenvalue weighted by molar-refractivity contribution is 0.464. The lowest BCUT2D eigenvalue weighted by Crippen LogP contribution is -2.27. The average molecular weight is 299 g/mol. The van der Waals surface area contributed by atoms with E-state index in [1.54, 1.807) is 6.20 Å². The van der Waals surface area contributed by atoms with Crippen molar-refractivity contribution in [1.82, 2.24) is 15.1 Å². The van der Waals surface area contributed by atoms with Gasteiger partial charge in [-0.3, -0.25) is 4.79 Å². The van der Waals surface area contributed by atoms with Crippen molar-refractivity contribution in [3.05, 3.63) is 21.6 Å². The fourth-order valence-corrected chi connectivity index (χ4v) is 2.66. The third-order valence-corrected chi connectivity index (χ3v) is 3.86. The third-order valence-electron chi connectivity index (χ3n) is 3.49. The molecule has 0 spiro atoms. The molecule has 2 N–H and O–H groups in total. The van der Waals surface area contributed by atoms with E-state index in [0.717, 1.165) is 19.5 Å². The summed E-state index contributed by atoms with van der Waals surface area (Å²) in [6, 6.07) is 0.579. The molecule has 112 valence electrons. The second-order valence-corrected chi connectivity index (χ2v) is 6.14. The van der Waals surface area contributed by atoms with Crippen LogP contribution in [0.15, 0.2) is 11.0 Å². The quantitative estimate of drug-likeness (QED) is 0.844. The molecule has 0 radical (unpaired) electrons. The Morgan fingerprint density at radius 1 is 1.60 bits per heavy atom. The highest BCUT2D eigenvalue weighted by Gasteiger charge is 2.14. The summed E-state index contributed by atoms with van der Waals surface area (Å²) in [5.41, 5.74) is 0.416. The molecular formula is C14H23ClN4O. The number of anilines is 1. The van der Waals surface area contributed by atoms with E-state index in [9.17, 15) is 4.79 Å². The van der Waals surface area contributed by atoms with Crippen molar-refractivity contribution >= 4 is 17.3 Å². The van der Waals surface area contributed by atoms with Crippen LogP contribution in [0.1, 0.15) is 33.1 Å². The van der Waals surface area contributed by atoms with E-state index < -0.39 is 0 Å². The Bertz CT molecular complexity index is 494. The molecule has 0 amide bonds. The van der Waals surface area contributed by atoms with Crippen molar-refractivity contribution in [2.24, 2.45) is 5.92 Å². The molecule has 1 saturated heterocycles.